The molecule has 0 bridgehead atoms. The molecule has 32 heavy (non-hydrogen) atoms. The minimum Gasteiger partial charge on any atom is -0.493 e. The van der Waals surface area contributed by atoms with E-state index in [0.717, 1.165) is 10.5 Å². The molecule has 1 aliphatic rings. The van der Waals surface area contributed by atoms with Crippen LogP contribution in [0.4, 0.5) is 4.79 Å². The fourth-order valence-corrected chi connectivity index (χ4v) is 4.11. The molecule has 0 aromatic heterocycles. The number of ether oxygens (including phenoxy) is 2. The zero-order valence-corrected chi connectivity index (χ0v) is 19.6. The summed E-state index contributed by atoms with van der Waals surface area (Å²) in [5.41, 5.74) is -0.204. The van der Waals surface area contributed by atoms with E-state index in [4.69, 9.17) is 32.7 Å². The summed E-state index contributed by atoms with van der Waals surface area (Å²) in [7, 11) is 4.65. The third kappa shape index (κ3) is 4.47. The Morgan fingerprint density at radius 3 is 2.41 bits per heavy atom. The van der Waals surface area contributed by atoms with Crippen molar-refractivity contribution in [2.75, 3.05) is 27.8 Å². The maximum atomic E-state index is 13.1. The Hall–Kier alpha value is -2.97. The highest BCUT2D eigenvalue weighted by Crippen LogP contribution is 2.35. The topological polar surface area (TPSA) is 88.2 Å². The monoisotopic (exact) mass is 479 g/mol. The van der Waals surface area contributed by atoms with Gasteiger partial charge in [0.2, 0.25) is 5.91 Å². The molecular weight excluding hydrogens is 457 g/mol. The molecule has 1 heterocycles. The van der Waals surface area contributed by atoms with E-state index in [0.29, 0.717) is 22.1 Å². The predicted octanol–water partition coefficient (Wildman–Crippen LogP) is 3.44. The number of imide groups is 1. The minimum absolute atomic E-state index is 0.243. The lowest BCUT2D eigenvalue weighted by molar-refractivity contribution is -0.138. The summed E-state index contributed by atoms with van der Waals surface area (Å²) in [5.74, 6) is 0.134. The van der Waals surface area contributed by atoms with E-state index in [-0.39, 0.29) is 11.6 Å². The minimum atomic E-state index is -1.40. The molecule has 0 aliphatic carbocycles. The van der Waals surface area contributed by atoms with Gasteiger partial charge in [-0.25, -0.2) is 4.79 Å². The number of halogens is 2. The van der Waals surface area contributed by atoms with Crippen LogP contribution >= 0.6 is 23.2 Å². The van der Waals surface area contributed by atoms with Gasteiger partial charge in [-0.2, -0.15) is 0 Å². The van der Waals surface area contributed by atoms with Crippen molar-refractivity contribution >= 4 is 41.0 Å². The SMILES string of the molecule is COc1ccc(CN(C)C(=O)CN2C(=O)N[C@](C)(c3ccc(Cl)cc3Cl)C2=O)cc1OC. The van der Waals surface area contributed by atoms with E-state index in [1.165, 1.54) is 25.2 Å². The average molecular weight is 480 g/mol. The summed E-state index contributed by atoms with van der Waals surface area (Å²) in [5, 5.41) is 3.29. The van der Waals surface area contributed by atoms with Crippen molar-refractivity contribution in [2.45, 2.75) is 19.0 Å². The molecule has 0 spiro atoms. The summed E-state index contributed by atoms with van der Waals surface area (Å²) in [6.07, 6.45) is 0. The quantitative estimate of drug-likeness (QED) is 0.614. The second kappa shape index (κ2) is 9.26. The number of urea groups is 1. The highest BCUT2D eigenvalue weighted by Gasteiger charge is 2.50. The highest BCUT2D eigenvalue weighted by atomic mass is 35.5. The zero-order valence-electron chi connectivity index (χ0n) is 18.1. The molecule has 1 atom stereocenters. The molecule has 4 amide bonds. The Kier molecular flexibility index (Phi) is 6.85. The number of carbonyl (C=O) groups is 3. The molecule has 1 fully saturated rings. The Balaban J connectivity index is 1.73. The Morgan fingerprint density at radius 2 is 1.78 bits per heavy atom. The van der Waals surface area contributed by atoms with E-state index in [1.54, 1.807) is 44.3 Å². The van der Waals surface area contributed by atoms with Gasteiger partial charge in [-0.15, -0.1) is 0 Å². The summed E-state index contributed by atoms with van der Waals surface area (Å²) in [6.45, 7) is 1.39. The van der Waals surface area contributed by atoms with Crippen LogP contribution in [0.1, 0.15) is 18.1 Å². The lowest BCUT2D eigenvalue weighted by atomic mass is 9.92. The molecular formula is C22H23Cl2N3O5. The van der Waals surface area contributed by atoms with Gasteiger partial charge in [-0.1, -0.05) is 35.3 Å². The first-order chi connectivity index (χ1) is 15.1. The van der Waals surface area contributed by atoms with E-state index >= 15 is 0 Å². The summed E-state index contributed by atoms with van der Waals surface area (Å²) >= 11 is 12.2. The molecule has 8 nitrogen and oxygen atoms in total. The molecule has 1 N–H and O–H groups in total. The third-order valence-corrected chi connectivity index (χ3v) is 5.88. The highest BCUT2D eigenvalue weighted by molar-refractivity contribution is 6.35. The van der Waals surface area contributed by atoms with Gasteiger partial charge >= 0.3 is 6.03 Å². The maximum Gasteiger partial charge on any atom is 0.325 e. The van der Waals surface area contributed by atoms with Crippen molar-refractivity contribution < 1.29 is 23.9 Å². The van der Waals surface area contributed by atoms with Gasteiger partial charge < -0.3 is 19.7 Å². The van der Waals surface area contributed by atoms with Crippen molar-refractivity contribution in [3.05, 3.63) is 57.6 Å². The number of amides is 4. The van der Waals surface area contributed by atoms with Crippen LogP contribution in [0.15, 0.2) is 36.4 Å². The van der Waals surface area contributed by atoms with Crippen LogP contribution in [0, 0.1) is 0 Å². The van der Waals surface area contributed by atoms with Crippen LogP contribution in [-0.2, 0) is 21.7 Å². The van der Waals surface area contributed by atoms with Crippen molar-refractivity contribution in [2.24, 2.45) is 0 Å². The molecule has 0 unspecified atom stereocenters. The number of hydrogen-bond donors (Lipinski definition) is 1. The average Bonchev–Trinajstić information content (AvgIpc) is 2.96. The first-order valence-electron chi connectivity index (χ1n) is 9.65. The molecule has 1 aliphatic heterocycles. The molecule has 1 saturated heterocycles. The largest absolute Gasteiger partial charge is 0.493 e. The van der Waals surface area contributed by atoms with E-state index in [2.05, 4.69) is 5.32 Å². The maximum absolute atomic E-state index is 13.1. The van der Waals surface area contributed by atoms with Crippen molar-refractivity contribution in [1.82, 2.24) is 15.1 Å². The van der Waals surface area contributed by atoms with Crippen LogP contribution in [0.25, 0.3) is 0 Å². The lowest BCUT2D eigenvalue weighted by Gasteiger charge is -2.24. The standard InChI is InChI=1S/C22H23Cl2N3O5/c1-22(15-7-6-14(23)10-16(15)24)20(29)27(21(30)25-22)12-19(28)26(2)11-13-5-8-17(31-3)18(9-13)32-4/h5-10H,11-12H2,1-4H3,(H,25,30)/t22-/m1/s1. The van der Waals surface area contributed by atoms with Crippen LogP contribution in [0.3, 0.4) is 0 Å². The van der Waals surface area contributed by atoms with Gasteiger partial charge in [0.25, 0.3) is 5.91 Å². The van der Waals surface area contributed by atoms with Gasteiger partial charge in [0.15, 0.2) is 11.5 Å². The Labute approximate surface area is 196 Å². The van der Waals surface area contributed by atoms with Gasteiger partial charge in [0.1, 0.15) is 12.1 Å². The number of nitrogens with one attached hydrogen (secondary N) is 1. The molecule has 0 saturated carbocycles. The summed E-state index contributed by atoms with van der Waals surface area (Å²) in [4.78, 5) is 40.7. The van der Waals surface area contributed by atoms with Crippen molar-refractivity contribution in [3.63, 3.8) is 0 Å². The van der Waals surface area contributed by atoms with Crippen molar-refractivity contribution in [3.8, 4) is 11.5 Å². The second-order valence-corrected chi connectivity index (χ2v) is 8.35. The van der Waals surface area contributed by atoms with Crippen LogP contribution in [0.5, 0.6) is 11.5 Å². The number of likely N-dealkylation sites (N-methyl/N-ethyl adjacent to an activating group) is 1. The number of methoxy groups -OCH3 is 2. The number of benzene rings is 2. The summed E-state index contributed by atoms with van der Waals surface area (Å²) in [6, 6.07) is 9.29. The van der Waals surface area contributed by atoms with Gasteiger partial charge in [0.05, 0.1) is 14.2 Å². The van der Waals surface area contributed by atoms with E-state index in [9.17, 15) is 14.4 Å². The van der Waals surface area contributed by atoms with Gasteiger partial charge in [-0.3, -0.25) is 14.5 Å². The van der Waals surface area contributed by atoms with Crippen LogP contribution in [0.2, 0.25) is 10.0 Å². The lowest BCUT2D eigenvalue weighted by Crippen LogP contribution is -2.43. The molecule has 2 aromatic carbocycles. The van der Waals surface area contributed by atoms with E-state index in [1.807, 2.05) is 0 Å². The smallest absolute Gasteiger partial charge is 0.325 e. The summed E-state index contributed by atoms with van der Waals surface area (Å²) < 4.78 is 10.5. The fourth-order valence-electron chi connectivity index (χ4n) is 3.52. The van der Waals surface area contributed by atoms with Crippen LogP contribution in [-0.4, -0.2) is 55.5 Å². The Morgan fingerprint density at radius 1 is 1.09 bits per heavy atom. The van der Waals surface area contributed by atoms with Gasteiger partial charge in [0, 0.05) is 29.2 Å². The first-order valence-corrected chi connectivity index (χ1v) is 10.4. The first kappa shape index (κ1) is 23.7. The number of hydrogen-bond acceptors (Lipinski definition) is 5. The molecule has 170 valence electrons. The molecule has 10 heteroatoms. The van der Waals surface area contributed by atoms with Crippen molar-refractivity contribution in [1.29, 1.82) is 0 Å². The van der Waals surface area contributed by atoms with Gasteiger partial charge in [-0.05, 0) is 36.8 Å². The molecule has 0 radical (unpaired) electrons. The Bertz CT molecular complexity index is 1080. The zero-order chi connectivity index (χ0) is 23.6. The number of carbonyl (C=O) groups excluding carboxylic acids is 3. The predicted molar refractivity (Wildman–Crippen MR) is 120 cm³/mol. The fraction of sp³-hybridized carbons (Fsp3) is 0.318. The van der Waals surface area contributed by atoms with Crippen LogP contribution < -0.4 is 14.8 Å². The second-order valence-electron chi connectivity index (χ2n) is 7.51. The molecule has 2 aromatic rings. The normalized spacial score (nSPS) is 17.9. The van der Waals surface area contributed by atoms with E-state index < -0.39 is 29.9 Å². The number of nitrogens with zero attached hydrogens (tertiary/aromatic N) is 2. The molecule has 3 rings (SSSR count). The number of rotatable bonds is 7. The third-order valence-electron chi connectivity index (χ3n) is 5.33.